The maximum absolute atomic E-state index is 13.5. The molecule has 5 heteroatoms. The highest BCUT2D eigenvalue weighted by Gasteiger charge is 2.05. The summed E-state index contributed by atoms with van der Waals surface area (Å²) in [5.74, 6) is -0.384. The van der Waals surface area contributed by atoms with Crippen LogP contribution in [-0.2, 0) is 6.54 Å². The summed E-state index contributed by atoms with van der Waals surface area (Å²) in [7, 11) is 0. The van der Waals surface area contributed by atoms with Crippen LogP contribution in [-0.4, -0.2) is 15.8 Å². The van der Waals surface area contributed by atoms with E-state index in [1.54, 1.807) is 4.57 Å². The third kappa shape index (κ3) is 2.37. The van der Waals surface area contributed by atoms with Crippen LogP contribution < -0.4 is 0 Å². The summed E-state index contributed by atoms with van der Waals surface area (Å²) in [5.41, 5.74) is 1.08. The maximum Gasteiger partial charge on any atom is 0.169 e. The monoisotopic (exact) mass is 229 g/mol. The molecule has 0 saturated carbocycles. The fraction of sp³-hybridized carbons (Fsp3) is 0.0833. The Balaban J connectivity index is 2.29. The van der Waals surface area contributed by atoms with E-state index in [-0.39, 0.29) is 12.4 Å². The molecule has 0 aliphatic heterocycles. The summed E-state index contributed by atoms with van der Waals surface area (Å²) < 4.78 is 15.1. The minimum atomic E-state index is -0.384. The molecule has 1 aromatic heterocycles. The number of nitriles is 1. The number of carbonyl (C=O) groups is 1. The van der Waals surface area contributed by atoms with Crippen LogP contribution in [0.5, 0.6) is 0 Å². The van der Waals surface area contributed by atoms with Crippen molar-refractivity contribution in [2.45, 2.75) is 6.54 Å². The van der Waals surface area contributed by atoms with Gasteiger partial charge in [0, 0.05) is 11.8 Å². The number of rotatable bonds is 3. The second-order valence-corrected chi connectivity index (χ2v) is 3.51. The lowest BCUT2D eigenvalue weighted by Crippen LogP contribution is -2.00. The number of nitrogens with zero attached hydrogens (tertiary/aromatic N) is 3. The van der Waals surface area contributed by atoms with E-state index in [0.29, 0.717) is 23.1 Å². The summed E-state index contributed by atoms with van der Waals surface area (Å²) >= 11 is 0. The van der Waals surface area contributed by atoms with Gasteiger partial charge in [-0.05, 0) is 18.2 Å². The molecule has 0 unspecified atom stereocenters. The third-order valence-electron chi connectivity index (χ3n) is 2.30. The van der Waals surface area contributed by atoms with Gasteiger partial charge in [0.15, 0.2) is 6.29 Å². The van der Waals surface area contributed by atoms with E-state index in [9.17, 15) is 9.18 Å². The van der Waals surface area contributed by atoms with Crippen LogP contribution in [0.1, 0.15) is 21.6 Å². The summed E-state index contributed by atoms with van der Waals surface area (Å²) in [5, 5.41) is 8.72. The van der Waals surface area contributed by atoms with E-state index in [0.717, 1.165) is 0 Å². The van der Waals surface area contributed by atoms with Gasteiger partial charge >= 0.3 is 0 Å². The molecule has 0 saturated heterocycles. The topological polar surface area (TPSA) is 58.7 Å². The van der Waals surface area contributed by atoms with E-state index < -0.39 is 0 Å². The molecule has 0 aliphatic carbocycles. The molecule has 0 aliphatic rings. The molecule has 1 aromatic carbocycles. The molecule has 0 radical (unpaired) electrons. The molecular weight excluding hydrogens is 221 g/mol. The molecule has 0 bridgehead atoms. The molecule has 1 heterocycles. The van der Waals surface area contributed by atoms with E-state index in [1.165, 1.54) is 30.7 Å². The minimum absolute atomic E-state index is 0.238. The van der Waals surface area contributed by atoms with Crippen LogP contribution in [0.4, 0.5) is 4.39 Å². The quantitative estimate of drug-likeness (QED) is 0.753. The van der Waals surface area contributed by atoms with Gasteiger partial charge in [-0.15, -0.1) is 0 Å². The molecule has 2 aromatic rings. The molecule has 0 atom stereocenters. The van der Waals surface area contributed by atoms with Gasteiger partial charge in [-0.1, -0.05) is 0 Å². The average molecular weight is 229 g/mol. The second kappa shape index (κ2) is 4.58. The first-order valence-corrected chi connectivity index (χ1v) is 4.88. The lowest BCUT2D eigenvalue weighted by molar-refractivity contribution is 0.111. The highest BCUT2D eigenvalue weighted by molar-refractivity contribution is 5.70. The van der Waals surface area contributed by atoms with Gasteiger partial charge in [0.05, 0.1) is 24.5 Å². The summed E-state index contributed by atoms with van der Waals surface area (Å²) in [4.78, 5) is 14.3. The SMILES string of the molecule is N#Cc1ccc(F)c(Cn2cnc(C=O)c2)c1. The number of imidazole rings is 1. The first-order chi connectivity index (χ1) is 8.22. The zero-order chi connectivity index (χ0) is 12.3. The van der Waals surface area contributed by atoms with Crippen molar-refractivity contribution in [3.05, 3.63) is 53.4 Å². The highest BCUT2D eigenvalue weighted by atomic mass is 19.1. The molecule has 2 rings (SSSR count). The molecule has 0 N–H and O–H groups in total. The Morgan fingerprint density at radius 3 is 3.00 bits per heavy atom. The van der Waals surface area contributed by atoms with Crippen molar-refractivity contribution < 1.29 is 9.18 Å². The molecule has 0 spiro atoms. The first kappa shape index (κ1) is 11.0. The number of aldehydes is 1. The third-order valence-corrected chi connectivity index (χ3v) is 2.30. The molecule has 4 nitrogen and oxygen atoms in total. The zero-order valence-electron chi connectivity index (χ0n) is 8.80. The van der Waals surface area contributed by atoms with Crippen LogP contribution in [0, 0.1) is 17.1 Å². The van der Waals surface area contributed by atoms with Crippen molar-refractivity contribution in [1.82, 2.24) is 9.55 Å². The van der Waals surface area contributed by atoms with Gasteiger partial charge in [0.25, 0.3) is 0 Å². The van der Waals surface area contributed by atoms with Crippen LogP contribution in [0.25, 0.3) is 0 Å². The van der Waals surface area contributed by atoms with Gasteiger partial charge in [0.1, 0.15) is 11.5 Å². The highest BCUT2D eigenvalue weighted by Crippen LogP contribution is 2.12. The van der Waals surface area contributed by atoms with Gasteiger partial charge in [0.2, 0.25) is 0 Å². The molecule has 0 amide bonds. The fourth-order valence-corrected chi connectivity index (χ4v) is 1.49. The van der Waals surface area contributed by atoms with E-state index in [1.807, 2.05) is 6.07 Å². The normalized spacial score (nSPS) is 9.88. The van der Waals surface area contributed by atoms with Gasteiger partial charge in [-0.3, -0.25) is 4.79 Å². The summed E-state index contributed by atoms with van der Waals surface area (Å²) in [6.07, 6.45) is 3.59. The van der Waals surface area contributed by atoms with Crippen molar-refractivity contribution in [2.24, 2.45) is 0 Å². The van der Waals surface area contributed by atoms with Crippen LogP contribution in [0.15, 0.2) is 30.7 Å². The van der Waals surface area contributed by atoms with Crippen molar-refractivity contribution in [2.75, 3.05) is 0 Å². The standard InChI is InChI=1S/C12H8FN3O/c13-12-2-1-9(4-14)3-10(12)5-16-6-11(7-17)15-8-16/h1-3,6-8H,5H2. The maximum atomic E-state index is 13.5. The molecule has 17 heavy (non-hydrogen) atoms. The Kier molecular flexibility index (Phi) is 2.97. The Bertz CT molecular complexity index is 598. The predicted molar refractivity (Wildman–Crippen MR) is 57.8 cm³/mol. The lowest BCUT2D eigenvalue weighted by Gasteiger charge is -2.04. The predicted octanol–water partition coefficient (Wildman–Crippen LogP) is 1.75. The fourth-order valence-electron chi connectivity index (χ4n) is 1.49. The van der Waals surface area contributed by atoms with Crippen molar-refractivity contribution in [1.29, 1.82) is 5.26 Å². The van der Waals surface area contributed by atoms with Crippen LogP contribution in [0.2, 0.25) is 0 Å². The number of carbonyl (C=O) groups excluding carboxylic acids is 1. The van der Waals surface area contributed by atoms with E-state index >= 15 is 0 Å². The Morgan fingerprint density at radius 2 is 2.35 bits per heavy atom. The zero-order valence-corrected chi connectivity index (χ0v) is 8.80. The number of halogens is 1. The Labute approximate surface area is 96.9 Å². The van der Waals surface area contributed by atoms with E-state index in [4.69, 9.17) is 5.26 Å². The van der Waals surface area contributed by atoms with Crippen molar-refractivity contribution in [3.63, 3.8) is 0 Å². The number of hydrogen-bond acceptors (Lipinski definition) is 3. The number of aromatic nitrogens is 2. The summed E-state index contributed by atoms with van der Waals surface area (Å²) in [6, 6.07) is 6.11. The van der Waals surface area contributed by atoms with Gasteiger partial charge in [-0.2, -0.15) is 5.26 Å². The Hall–Kier alpha value is -2.48. The van der Waals surface area contributed by atoms with Crippen LogP contribution in [0.3, 0.4) is 0 Å². The smallest absolute Gasteiger partial charge is 0.169 e. The van der Waals surface area contributed by atoms with Gasteiger partial charge in [-0.25, -0.2) is 9.37 Å². The largest absolute Gasteiger partial charge is 0.332 e. The average Bonchev–Trinajstić information content (AvgIpc) is 2.80. The van der Waals surface area contributed by atoms with Crippen molar-refractivity contribution >= 4 is 6.29 Å². The van der Waals surface area contributed by atoms with Crippen LogP contribution >= 0.6 is 0 Å². The Morgan fingerprint density at radius 1 is 1.53 bits per heavy atom. The minimum Gasteiger partial charge on any atom is -0.332 e. The first-order valence-electron chi connectivity index (χ1n) is 4.88. The van der Waals surface area contributed by atoms with E-state index in [2.05, 4.69) is 4.98 Å². The molecule has 84 valence electrons. The molecule has 0 fully saturated rings. The number of hydrogen-bond donors (Lipinski definition) is 0. The summed E-state index contributed by atoms with van der Waals surface area (Å²) in [6.45, 7) is 0.238. The molecular formula is C12H8FN3O. The van der Waals surface area contributed by atoms with Crippen molar-refractivity contribution in [3.8, 4) is 6.07 Å². The van der Waals surface area contributed by atoms with Gasteiger partial charge < -0.3 is 4.57 Å². The number of benzene rings is 1. The lowest BCUT2D eigenvalue weighted by atomic mass is 10.1. The second-order valence-electron chi connectivity index (χ2n) is 3.51.